The Morgan fingerprint density at radius 2 is 1.83 bits per heavy atom. The molecule has 1 aliphatic carbocycles. The van der Waals surface area contributed by atoms with Gasteiger partial charge in [-0.3, -0.25) is 14.5 Å². The first-order valence-electron chi connectivity index (χ1n) is 9.36. The van der Waals surface area contributed by atoms with Gasteiger partial charge in [-0.05, 0) is 19.3 Å². The van der Waals surface area contributed by atoms with Crippen molar-refractivity contribution in [3.63, 3.8) is 0 Å². The summed E-state index contributed by atoms with van der Waals surface area (Å²) in [4.78, 5) is 28.6. The van der Waals surface area contributed by atoms with E-state index in [0.29, 0.717) is 6.54 Å². The molecule has 0 bridgehead atoms. The normalized spacial score (nSPS) is 19.9. The van der Waals surface area contributed by atoms with Gasteiger partial charge in [0.1, 0.15) is 0 Å². The first-order chi connectivity index (χ1) is 11.7. The number of carbonyl (C=O) groups excluding carboxylic acids is 2. The molecule has 0 aromatic heterocycles. The Balaban J connectivity index is 1.81. The third-order valence-corrected chi connectivity index (χ3v) is 5.09. The Morgan fingerprint density at radius 3 is 2.50 bits per heavy atom. The third-order valence-electron chi connectivity index (χ3n) is 5.09. The minimum Gasteiger partial charge on any atom is -0.469 e. The van der Waals surface area contributed by atoms with E-state index in [1.54, 1.807) is 0 Å². The molecule has 6 heteroatoms. The molecule has 1 saturated carbocycles. The van der Waals surface area contributed by atoms with Gasteiger partial charge in [0.2, 0.25) is 5.91 Å². The summed E-state index contributed by atoms with van der Waals surface area (Å²) in [7, 11) is 1.40. The molecule has 2 aliphatic rings. The zero-order valence-electron chi connectivity index (χ0n) is 15.0. The van der Waals surface area contributed by atoms with E-state index in [1.165, 1.54) is 13.5 Å². The van der Waals surface area contributed by atoms with Crippen molar-refractivity contribution in [3.05, 3.63) is 0 Å². The topological polar surface area (TPSA) is 59.1 Å². The molecule has 1 heterocycles. The summed E-state index contributed by atoms with van der Waals surface area (Å²) in [6.45, 7) is 5.72. The van der Waals surface area contributed by atoms with E-state index in [1.807, 2.05) is 4.90 Å². The maximum Gasteiger partial charge on any atom is 0.307 e. The molecular formula is C18H32N2O4. The summed E-state index contributed by atoms with van der Waals surface area (Å²) in [6.07, 6.45) is 6.76. The van der Waals surface area contributed by atoms with E-state index < -0.39 is 0 Å². The number of methoxy groups -OCH3 is 1. The Kier molecular flexibility index (Phi) is 8.53. The molecule has 138 valence electrons. The fraction of sp³-hybridized carbons (Fsp3) is 0.889. The van der Waals surface area contributed by atoms with E-state index in [0.717, 1.165) is 71.5 Å². The number of esters is 1. The van der Waals surface area contributed by atoms with Gasteiger partial charge < -0.3 is 14.4 Å². The van der Waals surface area contributed by atoms with Crippen molar-refractivity contribution in [2.75, 3.05) is 53.0 Å². The van der Waals surface area contributed by atoms with Crippen molar-refractivity contribution in [1.29, 1.82) is 0 Å². The Hall–Kier alpha value is -1.14. The van der Waals surface area contributed by atoms with Gasteiger partial charge in [0.15, 0.2) is 0 Å². The number of hydrogen-bond acceptors (Lipinski definition) is 5. The van der Waals surface area contributed by atoms with E-state index in [2.05, 4.69) is 4.90 Å². The highest BCUT2D eigenvalue weighted by Crippen LogP contribution is 2.25. The highest BCUT2D eigenvalue weighted by Gasteiger charge is 2.26. The van der Waals surface area contributed by atoms with Crippen molar-refractivity contribution in [1.82, 2.24) is 9.80 Å². The van der Waals surface area contributed by atoms with Crippen LogP contribution in [-0.4, -0.2) is 74.7 Å². The lowest BCUT2D eigenvalue weighted by atomic mass is 9.88. The molecule has 2 fully saturated rings. The summed E-state index contributed by atoms with van der Waals surface area (Å²) in [5, 5.41) is 0. The van der Waals surface area contributed by atoms with Crippen LogP contribution < -0.4 is 0 Å². The van der Waals surface area contributed by atoms with Crippen LogP contribution >= 0.6 is 0 Å². The first-order valence-corrected chi connectivity index (χ1v) is 9.36. The van der Waals surface area contributed by atoms with Gasteiger partial charge in [0, 0.05) is 38.6 Å². The fourth-order valence-electron chi connectivity index (χ4n) is 3.58. The van der Waals surface area contributed by atoms with Crippen molar-refractivity contribution in [2.24, 2.45) is 5.92 Å². The highest BCUT2D eigenvalue weighted by molar-refractivity contribution is 5.79. The molecule has 24 heavy (non-hydrogen) atoms. The molecule has 0 aromatic rings. The smallest absolute Gasteiger partial charge is 0.307 e. The van der Waals surface area contributed by atoms with Gasteiger partial charge in [-0.15, -0.1) is 0 Å². The van der Waals surface area contributed by atoms with E-state index >= 15 is 0 Å². The minimum absolute atomic E-state index is 0.153. The maximum atomic E-state index is 12.8. The van der Waals surface area contributed by atoms with Gasteiger partial charge >= 0.3 is 5.97 Å². The number of carbonyl (C=O) groups is 2. The molecule has 2 rings (SSSR count). The van der Waals surface area contributed by atoms with Crippen LogP contribution in [0, 0.1) is 5.92 Å². The van der Waals surface area contributed by atoms with Crippen LogP contribution in [0.1, 0.15) is 44.9 Å². The molecule has 0 spiro atoms. The molecule has 0 atom stereocenters. The number of morpholine rings is 1. The second kappa shape index (κ2) is 10.7. The zero-order chi connectivity index (χ0) is 17.2. The maximum absolute atomic E-state index is 12.8. The Morgan fingerprint density at radius 1 is 1.12 bits per heavy atom. The van der Waals surface area contributed by atoms with Crippen LogP contribution in [-0.2, 0) is 19.1 Å². The number of ether oxygens (including phenoxy) is 2. The van der Waals surface area contributed by atoms with E-state index in [9.17, 15) is 9.59 Å². The van der Waals surface area contributed by atoms with Gasteiger partial charge in [0.05, 0.1) is 26.7 Å². The molecule has 0 aromatic carbocycles. The van der Waals surface area contributed by atoms with Crippen LogP contribution in [0.2, 0.25) is 0 Å². The van der Waals surface area contributed by atoms with Gasteiger partial charge in [-0.25, -0.2) is 0 Å². The zero-order valence-corrected chi connectivity index (χ0v) is 15.0. The summed E-state index contributed by atoms with van der Waals surface area (Å²) in [6, 6.07) is 0. The first kappa shape index (κ1) is 19.2. The number of amides is 1. The molecule has 0 radical (unpaired) electrons. The quantitative estimate of drug-likeness (QED) is 0.629. The van der Waals surface area contributed by atoms with Crippen LogP contribution in [0.4, 0.5) is 0 Å². The van der Waals surface area contributed by atoms with E-state index in [4.69, 9.17) is 9.47 Å². The lowest BCUT2D eigenvalue weighted by molar-refractivity contribution is -0.142. The molecule has 1 amide bonds. The minimum atomic E-state index is -0.246. The SMILES string of the molecule is COC(=O)CCN(CCCN1CCOCC1)C(=O)C1CCCCC1. The summed E-state index contributed by atoms with van der Waals surface area (Å²) >= 11 is 0. The molecular weight excluding hydrogens is 308 g/mol. The highest BCUT2D eigenvalue weighted by atomic mass is 16.5. The van der Waals surface area contributed by atoms with Crippen LogP contribution in [0.25, 0.3) is 0 Å². The van der Waals surface area contributed by atoms with Crippen LogP contribution in [0.3, 0.4) is 0 Å². The number of nitrogens with zero attached hydrogens (tertiary/aromatic N) is 2. The predicted octanol–water partition coefficient (Wildman–Crippen LogP) is 1.68. The summed E-state index contributed by atoms with van der Waals surface area (Å²) in [5.74, 6) is 0.144. The lowest BCUT2D eigenvalue weighted by Crippen LogP contribution is -2.41. The van der Waals surface area contributed by atoms with Crippen molar-refractivity contribution >= 4 is 11.9 Å². The monoisotopic (exact) mass is 340 g/mol. The second-order valence-corrected chi connectivity index (χ2v) is 6.79. The summed E-state index contributed by atoms with van der Waals surface area (Å²) < 4.78 is 10.1. The van der Waals surface area contributed by atoms with Crippen LogP contribution in [0.5, 0.6) is 0 Å². The number of rotatable bonds is 8. The predicted molar refractivity (Wildman–Crippen MR) is 91.7 cm³/mol. The third kappa shape index (κ3) is 6.40. The number of hydrogen-bond donors (Lipinski definition) is 0. The van der Waals surface area contributed by atoms with Crippen molar-refractivity contribution in [3.8, 4) is 0 Å². The molecule has 0 N–H and O–H groups in total. The largest absolute Gasteiger partial charge is 0.469 e. The standard InChI is InChI=1S/C18H32N2O4/c1-23-17(21)8-11-20(18(22)16-6-3-2-4-7-16)10-5-9-19-12-14-24-15-13-19/h16H,2-15H2,1H3. The molecule has 1 saturated heterocycles. The van der Waals surface area contributed by atoms with Crippen molar-refractivity contribution in [2.45, 2.75) is 44.9 Å². The van der Waals surface area contributed by atoms with Crippen molar-refractivity contribution < 1.29 is 19.1 Å². The van der Waals surface area contributed by atoms with Gasteiger partial charge in [-0.2, -0.15) is 0 Å². The molecule has 0 unspecified atom stereocenters. The van der Waals surface area contributed by atoms with Gasteiger partial charge in [-0.1, -0.05) is 19.3 Å². The average Bonchev–Trinajstić information content (AvgIpc) is 2.65. The lowest BCUT2D eigenvalue weighted by Gasteiger charge is -2.31. The average molecular weight is 340 g/mol. The van der Waals surface area contributed by atoms with E-state index in [-0.39, 0.29) is 24.2 Å². The Bertz CT molecular complexity index is 390. The second-order valence-electron chi connectivity index (χ2n) is 6.79. The Labute approximate surface area is 145 Å². The van der Waals surface area contributed by atoms with Gasteiger partial charge in [0.25, 0.3) is 0 Å². The fourth-order valence-corrected chi connectivity index (χ4v) is 3.58. The van der Waals surface area contributed by atoms with Crippen LogP contribution in [0.15, 0.2) is 0 Å². The molecule has 6 nitrogen and oxygen atoms in total. The summed E-state index contributed by atoms with van der Waals surface area (Å²) in [5.41, 5.74) is 0. The molecule has 1 aliphatic heterocycles.